The Kier molecular flexibility index (Phi) is 5.67. The molecule has 1 saturated heterocycles. The van der Waals surface area contributed by atoms with Gasteiger partial charge < -0.3 is 19.1 Å². The molecule has 6 nitrogen and oxygen atoms in total. The van der Waals surface area contributed by atoms with Crippen LogP contribution in [0.15, 0.2) is 48.5 Å². The van der Waals surface area contributed by atoms with Gasteiger partial charge in [-0.2, -0.15) is 0 Å². The number of hydrogen-bond donors (Lipinski definition) is 0. The Balaban J connectivity index is 1.24. The molecule has 2 heterocycles. The van der Waals surface area contributed by atoms with Crippen molar-refractivity contribution in [3.05, 3.63) is 54.1 Å². The molecule has 1 unspecified atom stereocenters. The largest absolute Gasteiger partial charge is 0.497 e. The van der Waals surface area contributed by atoms with Crippen LogP contribution in [0, 0.1) is 0 Å². The smallest absolute Gasteiger partial charge is 0.267 e. The molecule has 0 bridgehead atoms. The first-order valence-electron chi connectivity index (χ1n) is 9.75. The van der Waals surface area contributed by atoms with Crippen LogP contribution in [0.3, 0.4) is 0 Å². The summed E-state index contributed by atoms with van der Waals surface area (Å²) < 4.78 is 16.7. The van der Waals surface area contributed by atoms with Crippen molar-refractivity contribution in [3.8, 4) is 17.2 Å². The van der Waals surface area contributed by atoms with Gasteiger partial charge in [0.25, 0.3) is 5.91 Å². The van der Waals surface area contributed by atoms with Crippen LogP contribution >= 0.6 is 0 Å². The van der Waals surface area contributed by atoms with Crippen molar-refractivity contribution in [1.29, 1.82) is 0 Å². The van der Waals surface area contributed by atoms with Crippen molar-refractivity contribution in [3.63, 3.8) is 0 Å². The Morgan fingerprint density at radius 1 is 1.04 bits per heavy atom. The fourth-order valence-electron chi connectivity index (χ4n) is 3.62. The molecule has 2 aliphatic heterocycles. The number of amides is 1. The van der Waals surface area contributed by atoms with E-state index >= 15 is 0 Å². The zero-order valence-electron chi connectivity index (χ0n) is 16.2. The number of carbonyl (C=O) groups excluding carboxylic acids is 1. The minimum Gasteiger partial charge on any atom is -0.497 e. The second-order valence-electron chi connectivity index (χ2n) is 7.13. The van der Waals surface area contributed by atoms with Crippen molar-refractivity contribution in [2.75, 3.05) is 46.4 Å². The molecule has 2 aromatic carbocycles. The molecule has 2 aromatic rings. The van der Waals surface area contributed by atoms with Crippen LogP contribution in [0.1, 0.15) is 5.56 Å². The molecule has 0 radical (unpaired) electrons. The van der Waals surface area contributed by atoms with Crippen LogP contribution in [0.2, 0.25) is 0 Å². The van der Waals surface area contributed by atoms with E-state index in [2.05, 4.69) is 17.0 Å². The van der Waals surface area contributed by atoms with Gasteiger partial charge in [0.2, 0.25) is 6.10 Å². The highest BCUT2D eigenvalue weighted by Crippen LogP contribution is 2.31. The van der Waals surface area contributed by atoms with Gasteiger partial charge in [-0.15, -0.1) is 0 Å². The predicted octanol–water partition coefficient (Wildman–Crippen LogP) is 2.22. The van der Waals surface area contributed by atoms with E-state index in [1.54, 1.807) is 7.11 Å². The summed E-state index contributed by atoms with van der Waals surface area (Å²) in [6.07, 6.45) is 0.439. The first-order valence-corrected chi connectivity index (χ1v) is 9.75. The molecule has 4 rings (SSSR count). The number of nitrogens with zero attached hydrogens (tertiary/aromatic N) is 2. The molecule has 2 aliphatic rings. The molecule has 0 aliphatic carbocycles. The van der Waals surface area contributed by atoms with E-state index in [4.69, 9.17) is 14.2 Å². The SMILES string of the molecule is COc1ccc(CCN2CCN(C(=O)C3COc4ccccc4O3)CC2)cc1. The van der Waals surface area contributed by atoms with Crippen LogP contribution in [-0.4, -0.2) is 68.3 Å². The van der Waals surface area contributed by atoms with E-state index in [-0.39, 0.29) is 12.5 Å². The van der Waals surface area contributed by atoms with Crippen molar-refractivity contribution in [2.24, 2.45) is 0 Å². The summed E-state index contributed by atoms with van der Waals surface area (Å²) in [7, 11) is 1.68. The molecule has 6 heteroatoms. The predicted molar refractivity (Wildman–Crippen MR) is 106 cm³/mol. The second-order valence-corrected chi connectivity index (χ2v) is 7.13. The standard InChI is InChI=1S/C22H26N2O4/c1-26-18-8-6-17(7-9-18)10-11-23-12-14-24(15-13-23)22(25)21-16-27-19-4-2-3-5-20(19)28-21/h2-9,21H,10-16H2,1H3. The zero-order valence-corrected chi connectivity index (χ0v) is 16.2. The van der Waals surface area contributed by atoms with Gasteiger partial charge in [-0.05, 0) is 36.2 Å². The number of piperazine rings is 1. The van der Waals surface area contributed by atoms with Gasteiger partial charge >= 0.3 is 0 Å². The van der Waals surface area contributed by atoms with Crippen molar-refractivity contribution >= 4 is 5.91 Å². The van der Waals surface area contributed by atoms with Crippen LogP contribution in [0.4, 0.5) is 0 Å². The summed E-state index contributed by atoms with van der Waals surface area (Å²) in [6.45, 7) is 4.47. The third-order valence-electron chi connectivity index (χ3n) is 5.34. The molecule has 1 fully saturated rings. The Morgan fingerprint density at radius 3 is 2.46 bits per heavy atom. The minimum atomic E-state index is -0.555. The highest BCUT2D eigenvalue weighted by atomic mass is 16.6. The summed E-state index contributed by atoms with van der Waals surface area (Å²) in [5, 5.41) is 0. The average Bonchev–Trinajstić information content (AvgIpc) is 2.77. The fourth-order valence-corrected chi connectivity index (χ4v) is 3.62. The molecule has 1 atom stereocenters. The normalized spacial score (nSPS) is 19.3. The number of fused-ring (bicyclic) bond motifs is 1. The quantitative estimate of drug-likeness (QED) is 0.794. The lowest BCUT2D eigenvalue weighted by Crippen LogP contribution is -2.54. The molecule has 148 valence electrons. The molecule has 0 saturated carbocycles. The Hall–Kier alpha value is -2.73. The van der Waals surface area contributed by atoms with Crippen LogP contribution < -0.4 is 14.2 Å². The first-order chi connectivity index (χ1) is 13.7. The maximum Gasteiger partial charge on any atom is 0.267 e. The van der Waals surface area contributed by atoms with Crippen LogP contribution in [0.5, 0.6) is 17.2 Å². The lowest BCUT2D eigenvalue weighted by atomic mass is 10.1. The topological polar surface area (TPSA) is 51.2 Å². The molecule has 1 amide bonds. The lowest BCUT2D eigenvalue weighted by molar-refractivity contribution is -0.143. The summed E-state index contributed by atoms with van der Waals surface area (Å²) in [4.78, 5) is 17.1. The van der Waals surface area contributed by atoms with Gasteiger partial charge in [-0.25, -0.2) is 0 Å². The lowest BCUT2D eigenvalue weighted by Gasteiger charge is -2.37. The maximum atomic E-state index is 12.8. The van der Waals surface area contributed by atoms with Gasteiger partial charge in [0.05, 0.1) is 7.11 Å². The third-order valence-corrected chi connectivity index (χ3v) is 5.34. The number of para-hydroxylation sites is 2. The third kappa shape index (κ3) is 4.22. The van der Waals surface area contributed by atoms with Gasteiger partial charge in [-0.3, -0.25) is 9.69 Å². The van der Waals surface area contributed by atoms with E-state index in [1.807, 2.05) is 41.3 Å². The monoisotopic (exact) mass is 382 g/mol. The molecule has 28 heavy (non-hydrogen) atoms. The summed E-state index contributed by atoms with van der Waals surface area (Å²) in [6, 6.07) is 15.7. The summed E-state index contributed by atoms with van der Waals surface area (Å²) in [5.74, 6) is 2.25. The van der Waals surface area contributed by atoms with Crippen LogP contribution in [-0.2, 0) is 11.2 Å². The molecule has 0 N–H and O–H groups in total. The maximum absolute atomic E-state index is 12.8. The number of ether oxygens (including phenoxy) is 3. The number of methoxy groups -OCH3 is 1. The van der Waals surface area contributed by atoms with Crippen molar-refractivity contribution in [2.45, 2.75) is 12.5 Å². The van der Waals surface area contributed by atoms with Crippen molar-refractivity contribution < 1.29 is 19.0 Å². The fraction of sp³-hybridized carbons (Fsp3) is 0.409. The van der Waals surface area contributed by atoms with E-state index < -0.39 is 6.10 Å². The van der Waals surface area contributed by atoms with Gasteiger partial charge in [0.1, 0.15) is 12.4 Å². The number of carbonyl (C=O) groups is 1. The zero-order chi connectivity index (χ0) is 19.3. The minimum absolute atomic E-state index is 0.0179. The van der Waals surface area contributed by atoms with Crippen LogP contribution in [0.25, 0.3) is 0 Å². The summed E-state index contributed by atoms with van der Waals surface area (Å²) >= 11 is 0. The Bertz CT molecular complexity index is 800. The number of rotatable bonds is 5. The number of hydrogen-bond acceptors (Lipinski definition) is 5. The highest BCUT2D eigenvalue weighted by molar-refractivity contribution is 5.82. The molecule has 0 spiro atoms. The van der Waals surface area contributed by atoms with Crippen molar-refractivity contribution in [1.82, 2.24) is 9.80 Å². The average molecular weight is 382 g/mol. The van der Waals surface area contributed by atoms with E-state index in [9.17, 15) is 4.79 Å². The van der Waals surface area contributed by atoms with Gasteiger partial charge in [-0.1, -0.05) is 24.3 Å². The highest BCUT2D eigenvalue weighted by Gasteiger charge is 2.32. The first kappa shape index (κ1) is 18.6. The van der Waals surface area contributed by atoms with E-state index in [1.165, 1.54) is 5.56 Å². The summed E-state index contributed by atoms with van der Waals surface area (Å²) in [5.41, 5.74) is 1.30. The Morgan fingerprint density at radius 2 is 1.75 bits per heavy atom. The molecule has 0 aromatic heterocycles. The van der Waals surface area contributed by atoms with Gasteiger partial charge in [0.15, 0.2) is 11.5 Å². The molecular formula is C22H26N2O4. The second kappa shape index (κ2) is 8.52. The molecular weight excluding hydrogens is 356 g/mol. The van der Waals surface area contributed by atoms with E-state index in [0.29, 0.717) is 11.5 Å². The number of benzene rings is 2. The van der Waals surface area contributed by atoms with E-state index in [0.717, 1.165) is 44.9 Å². The Labute approximate surface area is 165 Å². The van der Waals surface area contributed by atoms with Gasteiger partial charge in [0, 0.05) is 32.7 Å².